The summed E-state index contributed by atoms with van der Waals surface area (Å²) < 4.78 is 10.2. The van der Waals surface area contributed by atoms with E-state index in [1.54, 1.807) is 13.8 Å². The van der Waals surface area contributed by atoms with Gasteiger partial charge in [0, 0.05) is 5.92 Å². The number of hydrogen-bond acceptors (Lipinski definition) is 6. The molecule has 0 fully saturated rings. The van der Waals surface area contributed by atoms with Crippen LogP contribution in [0.2, 0.25) is 0 Å². The van der Waals surface area contributed by atoms with Gasteiger partial charge in [-0.3, -0.25) is 9.59 Å². The highest BCUT2D eigenvalue weighted by Gasteiger charge is 2.34. The lowest BCUT2D eigenvalue weighted by molar-refractivity contribution is -0.166. The molecule has 0 heterocycles. The zero-order chi connectivity index (χ0) is 16.8. The monoisotopic (exact) mass is 314 g/mol. The summed E-state index contributed by atoms with van der Waals surface area (Å²) in [6.45, 7) is 5.46. The average molecular weight is 314 g/mol. The fraction of sp³-hybridized carbons (Fsp3) is 0.750. The predicted molar refractivity (Wildman–Crippen MR) is 79.6 cm³/mol. The van der Waals surface area contributed by atoms with Crippen LogP contribution < -0.4 is 0 Å². The van der Waals surface area contributed by atoms with Gasteiger partial charge in [-0.15, -0.1) is 0 Å². The first-order valence-corrected chi connectivity index (χ1v) is 7.64. The molecule has 0 amide bonds. The summed E-state index contributed by atoms with van der Waals surface area (Å²) in [5.41, 5.74) is -0.551. The van der Waals surface area contributed by atoms with Crippen LogP contribution in [-0.4, -0.2) is 41.7 Å². The van der Waals surface area contributed by atoms with E-state index in [4.69, 9.17) is 9.47 Å². The molecule has 6 heteroatoms. The highest BCUT2D eigenvalue weighted by Crippen LogP contribution is 2.28. The van der Waals surface area contributed by atoms with Crippen molar-refractivity contribution in [2.75, 3.05) is 13.2 Å². The van der Waals surface area contributed by atoms with Crippen LogP contribution in [0.25, 0.3) is 0 Å². The summed E-state index contributed by atoms with van der Waals surface area (Å²) in [7, 11) is 0. The van der Waals surface area contributed by atoms with E-state index in [1.807, 2.05) is 19.1 Å². The topological polar surface area (TPSA) is 93.1 Å². The van der Waals surface area contributed by atoms with Gasteiger partial charge in [0.25, 0.3) is 0 Å². The molecule has 2 atom stereocenters. The van der Waals surface area contributed by atoms with E-state index in [9.17, 15) is 19.8 Å². The van der Waals surface area contributed by atoms with Gasteiger partial charge in [0.15, 0.2) is 6.29 Å². The minimum absolute atomic E-state index is 0.00288. The fourth-order valence-electron chi connectivity index (χ4n) is 2.16. The Labute approximate surface area is 131 Å². The Morgan fingerprint density at radius 3 is 2.36 bits per heavy atom. The quantitative estimate of drug-likeness (QED) is 0.319. The number of carbonyl (C=O) groups is 2. The van der Waals surface area contributed by atoms with Gasteiger partial charge in [-0.25, -0.2) is 0 Å². The maximum Gasteiger partial charge on any atom is 0.311 e. The molecular formula is C16H26O6. The fourth-order valence-corrected chi connectivity index (χ4v) is 2.16. The standard InChI is InChI=1S/C16H26O6/c1-4-16(2,3)15(20)22-10-9-21-14(19)12-8-6-5-7-11(12)13(17)18/h5-6,11-13,17-18H,4,7-10H2,1-3H3. The van der Waals surface area contributed by atoms with Gasteiger partial charge in [0.1, 0.15) is 13.2 Å². The van der Waals surface area contributed by atoms with E-state index in [0.29, 0.717) is 19.3 Å². The van der Waals surface area contributed by atoms with Crippen molar-refractivity contribution in [2.24, 2.45) is 17.3 Å². The molecule has 0 spiro atoms. The summed E-state index contributed by atoms with van der Waals surface area (Å²) in [5, 5.41) is 18.6. The van der Waals surface area contributed by atoms with Crippen molar-refractivity contribution < 1.29 is 29.3 Å². The van der Waals surface area contributed by atoms with Crippen LogP contribution in [0.4, 0.5) is 0 Å². The second kappa shape index (κ2) is 8.29. The Morgan fingerprint density at radius 1 is 1.18 bits per heavy atom. The molecule has 0 radical (unpaired) electrons. The Balaban J connectivity index is 2.37. The van der Waals surface area contributed by atoms with E-state index in [2.05, 4.69) is 0 Å². The van der Waals surface area contributed by atoms with Crippen LogP contribution >= 0.6 is 0 Å². The lowest BCUT2D eigenvalue weighted by Gasteiger charge is -2.28. The van der Waals surface area contributed by atoms with Crippen LogP contribution in [0.1, 0.15) is 40.0 Å². The van der Waals surface area contributed by atoms with E-state index in [1.165, 1.54) is 0 Å². The van der Waals surface area contributed by atoms with E-state index in [0.717, 1.165) is 0 Å². The number of hydrogen-bond donors (Lipinski definition) is 2. The van der Waals surface area contributed by atoms with Crippen LogP contribution in [0, 0.1) is 17.3 Å². The first kappa shape index (κ1) is 18.6. The van der Waals surface area contributed by atoms with Crippen molar-refractivity contribution in [2.45, 2.75) is 46.3 Å². The molecule has 22 heavy (non-hydrogen) atoms. The first-order chi connectivity index (χ1) is 10.3. The molecule has 1 rings (SSSR count). The van der Waals surface area contributed by atoms with Crippen LogP contribution in [-0.2, 0) is 19.1 Å². The first-order valence-electron chi connectivity index (χ1n) is 7.64. The zero-order valence-electron chi connectivity index (χ0n) is 13.4. The summed E-state index contributed by atoms with van der Waals surface area (Å²) in [6.07, 6.45) is 3.61. The molecule has 2 N–H and O–H groups in total. The molecule has 1 aliphatic carbocycles. The number of aliphatic hydroxyl groups is 2. The van der Waals surface area contributed by atoms with E-state index in [-0.39, 0.29) is 19.2 Å². The number of allylic oxidation sites excluding steroid dienone is 2. The molecule has 0 bridgehead atoms. The molecule has 0 aromatic heterocycles. The van der Waals surface area contributed by atoms with Gasteiger partial charge in [0.2, 0.25) is 0 Å². The van der Waals surface area contributed by atoms with Crippen LogP contribution in [0.5, 0.6) is 0 Å². The molecule has 1 aliphatic rings. The van der Waals surface area contributed by atoms with Gasteiger partial charge in [-0.2, -0.15) is 0 Å². The SMILES string of the molecule is CCC(C)(C)C(=O)OCCOC(=O)C1CC=CCC1C(O)O. The third kappa shape index (κ3) is 5.10. The third-order valence-electron chi connectivity index (χ3n) is 4.16. The number of esters is 2. The number of ether oxygens (including phenoxy) is 2. The smallest absolute Gasteiger partial charge is 0.311 e. The van der Waals surface area contributed by atoms with Crippen molar-refractivity contribution in [1.29, 1.82) is 0 Å². The summed E-state index contributed by atoms with van der Waals surface area (Å²) in [4.78, 5) is 23.7. The van der Waals surface area contributed by atoms with Gasteiger partial charge < -0.3 is 19.7 Å². The molecule has 0 aliphatic heterocycles. The Bertz CT molecular complexity index is 413. The van der Waals surface area contributed by atoms with Crippen molar-refractivity contribution in [3.05, 3.63) is 12.2 Å². The van der Waals surface area contributed by atoms with Crippen molar-refractivity contribution >= 4 is 11.9 Å². The molecule has 0 saturated carbocycles. The molecule has 126 valence electrons. The lowest BCUT2D eigenvalue weighted by atomic mass is 9.82. The third-order valence-corrected chi connectivity index (χ3v) is 4.16. The van der Waals surface area contributed by atoms with E-state index < -0.39 is 29.5 Å². The number of carbonyl (C=O) groups excluding carboxylic acids is 2. The highest BCUT2D eigenvalue weighted by molar-refractivity contribution is 5.76. The molecule has 2 unspecified atom stereocenters. The Hall–Kier alpha value is -1.40. The van der Waals surface area contributed by atoms with Gasteiger partial charge in [-0.05, 0) is 33.1 Å². The van der Waals surface area contributed by atoms with Crippen molar-refractivity contribution in [1.82, 2.24) is 0 Å². The van der Waals surface area contributed by atoms with Crippen LogP contribution in [0.15, 0.2) is 12.2 Å². The number of aliphatic hydroxyl groups excluding tert-OH is 1. The summed E-state index contributed by atoms with van der Waals surface area (Å²) in [5.74, 6) is -1.95. The Morgan fingerprint density at radius 2 is 1.77 bits per heavy atom. The highest BCUT2D eigenvalue weighted by atomic mass is 16.6. The lowest BCUT2D eigenvalue weighted by Crippen LogP contribution is -2.35. The van der Waals surface area contributed by atoms with Crippen LogP contribution in [0.3, 0.4) is 0 Å². The normalized spacial score (nSPS) is 21.7. The minimum Gasteiger partial charge on any atom is -0.462 e. The molecular weight excluding hydrogens is 288 g/mol. The Kier molecular flexibility index (Phi) is 7.03. The van der Waals surface area contributed by atoms with Crippen molar-refractivity contribution in [3.8, 4) is 0 Å². The number of rotatable bonds is 7. The van der Waals surface area contributed by atoms with Gasteiger partial charge >= 0.3 is 11.9 Å². The second-order valence-electron chi connectivity index (χ2n) is 6.17. The average Bonchev–Trinajstić information content (AvgIpc) is 2.50. The minimum atomic E-state index is -1.55. The predicted octanol–water partition coefficient (Wildman–Crippen LogP) is 1.40. The largest absolute Gasteiger partial charge is 0.462 e. The molecule has 6 nitrogen and oxygen atoms in total. The maximum absolute atomic E-state index is 12.0. The van der Waals surface area contributed by atoms with Gasteiger partial charge in [0.05, 0.1) is 11.3 Å². The second-order valence-corrected chi connectivity index (χ2v) is 6.17. The molecule has 0 aromatic carbocycles. The molecule has 0 saturated heterocycles. The van der Waals surface area contributed by atoms with Gasteiger partial charge in [-0.1, -0.05) is 19.1 Å². The molecule has 0 aromatic rings. The summed E-state index contributed by atoms with van der Waals surface area (Å²) >= 11 is 0. The zero-order valence-corrected chi connectivity index (χ0v) is 13.4. The maximum atomic E-state index is 12.0. The summed E-state index contributed by atoms with van der Waals surface area (Å²) in [6, 6.07) is 0. The van der Waals surface area contributed by atoms with E-state index >= 15 is 0 Å². The van der Waals surface area contributed by atoms with Crippen molar-refractivity contribution in [3.63, 3.8) is 0 Å².